The Kier molecular flexibility index (Phi) is 2.47. The summed E-state index contributed by atoms with van der Waals surface area (Å²) in [6, 6.07) is 0. The molecule has 1 aliphatic carbocycles. The van der Waals surface area contributed by atoms with Crippen molar-refractivity contribution in [3.63, 3.8) is 0 Å². The van der Waals surface area contributed by atoms with E-state index in [-0.39, 0.29) is 19.1 Å². The predicted molar refractivity (Wildman–Crippen MR) is 49.6 cm³/mol. The van der Waals surface area contributed by atoms with E-state index in [0.717, 1.165) is 12.8 Å². The summed E-state index contributed by atoms with van der Waals surface area (Å²) in [7, 11) is 0. The van der Waals surface area contributed by atoms with Crippen LogP contribution in [-0.4, -0.2) is 31.3 Å². The Morgan fingerprint density at radius 2 is 2.36 bits per heavy atom. The van der Waals surface area contributed by atoms with Crippen LogP contribution in [0.3, 0.4) is 0 Å². The van der Waals surface area contributed by atoms with Gasteiger partial charge in [-0.15, -0.1) is 0 Å². The van der Waals surface area contributed by atoms with E-state index in [1.54, 1.807) is 6.92 Å². The highest BCUT2D eigenvalue weighted by Gasteiger charge is 2.56. The summed E-state index contributed by atoms with van der Waals surface area (Å²) in [5.74, 6) is -0.456. The number of carbonyl (C=O) groups excluding carboxylic acids is 1. The van der Waals surface area contributed by atoms with Crippen molar-refractivity contribution in [1.29, 1.82) is 0 Å². The first-order valence-electron chi connectivity index (χ1n) is 5.25. The third kappa shape index (κ3) is 1.52. The number of ether oxygens (including phenoxy) is 1. The van der Waals surface area contributed by atoms with Crippen molar-refractivity contribution in [2.45, 2.75) is 25.4 Å². The predicted octanol–water partition coefficient (Wildman–Crippen LogP) is 0.887. The zero-order valence-electron chi connectivity index (χ0n) is 8.38. The summed E-state index contributed by atoms with van der Waals surface area (Å²) in [6.07, 6.45) is 2.11. The Hall–Kier alpha value is -0.640. The summed E-state index contributed by atoms with van der Waals surface area (Å²) in [4.78, 5) is 11.5. The van der Waals surface area contributed by atoms with Crippen LogP contribution in [0, 0.1) is 11.8 Å². The Labute approximate surface area is 83.0 Å². The fourth-order valence-corrected chi connectivity index (χ4v) is 2.22. The van der Waals surface area contributed by atoms with E-state index in [9.17, 15) is 9.18 Å². The van der Waals surface area contributed by atoms with E-state index in [2.05, 4.69) is 5.32 Å². The maximum atomic E-state index is 14.3. The van der Waals surface area contributed by atoms with E-state index in [4.69, 9.17) is 4.74 Å². The van der Waals surface area contributed by atoms with Gasteiger partial charge in [-0.25, -0.2) is 9.18 Å². The van der Waals surface area contributed by atoms with Crippen molar-refractivity contribution < 1.29 is 13.9 Å². The van der Waals surface area contributed by atoms with Crippen LogP contribution in [0.25, 0.3) is 0 Å². The number of carbonyl (C=O) groups is 1. The lowest BCUT2D eigenvalue weighted by atomic mass is 9.88. The first kappa shape index (κ1) is 9.90. The Morgan fingerprint density at radius 1 is 1.64 bits per heavy atom. The van der Waals surface area contributed by atoms with E-state index >= 15 is 0 Å². The molecule has 0 bridgehead atoms. The Bertz CT molecular complexity index is 242. The summed E-state index contributed by atoms with van der Waals surface area (Å²) in [6.45, 7) is 2.69. The summed E-state index contributed by atoms with van der Waals surface area (Å²) >= 11 is 0. The highest BCUT2D eigenvalue weighted by atomic mass is 19.1. The quantitative estimate of drug-likeness (QED) is 0.689. The van der Waals surface area contributed by atoms with Gasteiger partial charge in [0.2, 0.25) is 5.67 Å². The average molecular weight is 201 g/mol. The molecule has 0 radical (unpaired) electrons. The maximum absolute atomic E-state index is 14.3. The molecule has 3 nitrogen and oxygen atoms in total. The standard InChI is InChI=1S/C10H16FNO2/c1-2-14-9(13)10(11)6-12-5-8(10)7-3-4-7/h7-8,12H,2-6H2,1H3. The largest absolute Gasteiger partial charge is 0.464 e. The minimum absolute atomic E-state index is 0.118. The van der Waals surface area contributed by atoms with E-state index in [1.807, 2.05) is 0 Å². The lowest BCUT2D eigenvalue weighted by Gasteiger charge is -2.23. The number of alkyl halides is 1. The van der Waals surface area contributed by atoms with Gasteiger partial charge in [-0.2, -0.15) is 0 Å². The number of hydrogen-bond acceptors (Lipinski definition) is 3. The van der Waals surface area contributed by atoms with Gasteiger partial charge in [0.15, 0.2) is 0 Å². The minimum atomic E-state index is -1.77. The van der Waals surface area contributed by atoms with Crippen molar-refractivity contribution in [3.05, 3.63) is 0 Å². The van der Waals surface area contributed by atoms with Crippen molar-refractivity contribution in [3.8, 4) is 0 Å². The highest BCUT2D eigenvalue weighted by molar-refractivity contribution is 5.81. The van der Waals surface area contributed by atoms with Gasteiger partial charge in [0.05, 0.1) is 6.61 Å². The highest BCUT2D eigenvalue weighted by Crippen LogP contribution is 2.45. The number of esters is 1. The summed E-state index contributed by atoms with van der Waals surface area (Å²) < 4.78 is 19.1. The monoisotopic (exact) mass is 201 g/mol. The van der Waals surface area contributed by atoms with Crippen LogP contribution in [0.1, 0.15) is 19.8 Å². The topological polar surface area (TPSA) is 38.3 Å². The smallest absolute Gasteiger partial charge is 0.345 e. The second-order valence-corrected chi connectivity index (χ2v) is 4.16. The van der Waals surface area contributed by atoms with E-state index in [1.165, 1.54) is 0 Å². The molecule has 1 N–H and O–H groups in total. The van der Waals surface area contributed by atoms with Crippen molar-refractivity contribution in [1.82, 2.24) is 5.32 Å². The minimum Gasteiger partial charge on any atom is -0.464 e. The average Bonchev–Trinajstić information content (AvgIpc) is 2.91. The van der Waals surface area contributed by atoms with Crippen molar-refractivity contribution in [2.75, 3.05) is 19.7 Å². The molecule has 0 aromatic heterocycles. The molecule has 4 heteroatoms. The first-order valence-corrected chi connectivity index (χ1v) is 5.25. The Morgan fingerprint density at radius 3 is 2.93 bits per heavy atom. The van der Waals surface area contributed by atoms with Crippen molar-refractivity contribution >= 4 is 5.97 Å². The molecule has 1 saturated carbocycles. The zero-order valence-corrected chi connectivity index (χ0v) is 8.38. The SMILES string of the molecule is CCOC(=O)C1(F)CNCC1C1CC1. The molecule has 0 amide bonds. The molecule has 1 heterocycles. The van der Waals surface area contributed by atoms with E-state index in [0.29, 0.717) is 12.5 Å². The molecule has 0 aromatic rings. The molecule has 0 spiro atoms. The molecule has 0 aromatic carbocycles. The molecule has 80 valence electrons. The van der Waals surface area contributed by atoms with Crippen LogP contribution in [-0.2, 0) is 9.53 Å². The van der Waals surface area contributed by atoms with Gasteiger partial charge >= 0.3 is 5.97 Å². The van der Waals surface area contributed by atoms with Crippen molar-refractivity contribution in [2.24, 2.45) is 11.8 Å². The molecule has 2 aliphatic rings. The second kappa shape index (κ2) is 3.50. The molecule has 2 unspecified atom stereocenters. The van der Waals surface area contributed by atoms with Gasteiger partial charge in [0.1, 0.15) is 0 Å². The van der Waals surface area contributed by atoms with Crippen LogP contribution in [0.4, 0.5) is 4.39 Å². The zero-order chi connectivity index (χ0) is 10.2. The van der Waals surface area contributed by atoms with Crippen LogP contribution in [0.5, 0.6) is 0 Å². The molecular weight excluding hydrogens is 185 g/mol. The van der Waals surface area contributed by atoms with Crippen LogP contribution in [0.2, 0.25) is 0 Å². The van der Waals surface area contributed by atoms with Gasteiger partial charge < -0.3 is 10.1 Å². The molecule has 14 heavy (non-hydrogen) atoms. The normalized spacial score (nSPS) is 37.1. The lowest BCUT2D eigenvalue weighted by molar-refractivity contribution is -0.159. The maximum Gasteiger partial charge on any atom is 0.345 e. The number of rotatable bonds is 3. The van der Waals surface area contributed by atoms with Gasteiger partial charge in [-0.1, -0.05) is 0 Å². The molecule has 2 fully saturated rings. The third-order valence-corrected chi connectivity index (χ3v) is 3.14. The second-order valence-electron chi connectivity index (χ2n) is 4.16. The number of nitrogens with one attached hydrogen (secondary N) is 1. The molecule has 1 saturated heterocycles. The third-order valence-electron chi connectivity index (χ3n) is 3.14. The van der Waals surface area contributed by atoms with Gasteiger partial charge in [-0.3, -0.25) is 0 Å². The molecule has 2 rings (SSSR count). The first-order chi connectivity index (χ1) is 6.68. The van der Waals surface area contributed by atoms with Crippen LogP contribution in [0.15, 0.2) is 0 Å². The lowest BCUT2D eigenvalue weighted by Crippen LogP contribution is -2.44. The van der Waals surface area contributed by atoms with Gasteiger partial charge in [-0.05, 0) is 25.7 Å². The fraction of sp³-hybridized carbons (Fsp3) is 0.900. The number of halogens is 1. The van der Waals surface area contributed by atoms with Crippen LogP contribution < -0.4 is 5.32 Å². The number of hydrogen-bond donors (Lipinski definition) is 1. The van der Waals surface area contributed by atoms with Gasteiger partial charge in [0, 0.05) is 19.0 Å². The summed E-state index contributed by atoms with van der Waals surface area (Å²) in [5.41, 5.74) is -1.77. The van der Waals surface area contributed by atoms with Gasteiger partial charge in [0.25, 0.3) is 0 Å². The van der Waals surface area contributed by atoms with E-state index < -0.39 is 11.6 Å². The van der Waals surface area contributed by atoms with Crippen LogP contribution >= 0.6 is 0 Å². The Balaban J connectivity index is 2.07. The molecule has 2 atom stereocenters. The molecular formula is C10H16FNO2. The fourth-order valence-electron chi connectivity index (χ4n) is 2.22. The summed E-state index contributed by atoms with van der Waals surface area (Å²) in [5, 5.41) is 2.95. The molecule has 1 aliphatic heterocycles.